The second-order valence-corrected chi connectivity index (χ2v) is 9.74. The van der Waals surface area contributed by atoms with E-state index in [-0.39, 0.29) is 12.3 Å². The molecule has 33 heavy (non-hydrogen) atoms. The monoisotopic (exact) mass is 446 g/mol. The minimum atomic E-state index is 0.182. The lowest BCUT2D eigenvalue weighted by Crippen LogP contribution is -2.41. The van der Waals surface area contributed by atoms with E-state index >= 15 is 0 Å². The number of aryl methyl sites for hydroxylation is 1. The Bertz CT molecular complexity index is 1270. The molecule has 0 unspecified atom stereocenters. The van der Waals surface area contributed by atoms with Crippen LogP contribution in [0.1, 0.15) is 52.9 Å². The molecule has 0 amide bonds. The van der Waals surface area contributed by atoms with E-state index in [9.17, 15) is 0 Å². The summed E-state index contributed by atoms with van der Waals surface area (Å²) in [5, 5.41) is 2.00. The molecule has 0 N–H and O–H groups in total. The lowest BCUT2D eigenvalue weighted by Gasteiger charge is -2.36. The Hall–Kier alpha value is -3.22. The average molecular weight is 447 g/mol. The third-order valence-corrected chi connectivity index (χ3v) is 7.04. The molecule has 2 aliphatic heterocycles. The zero-order valence-electron chi connectivity index (χ0n) is 20.9. The van der Waals surface area contributed by atoms with Gasteiger partial charge < -0.3 is 24.0 Å². The van der Waals surface area contributed by atoms with Crippen LogP contribution in [0.3, 0.4) is 0 Å². The number of hydrogen-bond donors (Lipinski definition) is 0. The van der Waals surface area contributed by atoms with Crippen molar-refractivity contribution >= 4 is 33.4 Å². The molecule has 0 fully saturated rings. The van der Waals surface area contributed by atoms with Crippen molar-refractivity contribution in [2.75, 3.05) is 9.80 Å². The molecular weight excluding hydrogens is 412 g/mol. The topological polar surface area (TPSA) is 51.9 Å². The standard InChI is InChI=1S/C26H34N6O/c1-15(2)29-9-11-31(19(29)7)23-13-21-22-14-27-18(6)28-26(22)33-25(21)24(17(23)5)32-12-10-30(16(3)4)20(32)8/h9-16,19-20H,1-8H3/t19-,20+/m1/s1. The predicted molar refractivity (Wildman–Crippen MR) is 135 cm³/mol. The van der Waals surface area contributed by atoms with Gasteiger partial charge in [-0.25, -0.2) is 4.98 Å². The van der Waals surface area contributed by atoms with Crippen LogP contribution in [0.5, 0.6) is 0 Å². The van der Waals surface area contributed by atoms with Gasteiger partial charge in [0.2, 0.25) is 5.71 Å². The number of aromatic nitrogens is 2. The van der Waals surface area contributed by atoms with Gasteiger partial charge in [-0.1, -0.05) is 0 Å². The Kier molecular flexibility index (Phi) is 5.03. The Balaban J connectivity index is 1.75. The quantitative estimate of drug-likeness (QED) is 0.510. The van der Waals surface area contributed by atoms with Crippen LogP contribution >= 0.6 is 0 Å². The van der Waals surface area contributed by atoms with E-state index in [2.05, 4.69) is 109 Å². The minimum Gasteiger partial charge on any atom is -0.435 e. The molecule has 5 rings (SSSR count). The van der Waals surface area contributed by atoms with Gasteiger partial charge in [0, 0.05) is 59.7 Å². The number of benzene rings is 1. The normalized spacial score (nSPS) is 20.8. The van der Waals surface area contributed by atoms with Gasteiger partial charge in [-0.15, -0.1) is 0 Å². The first kappa shape index (κ1) is 21.6. The Morgan fingerprint density at radius 2 is 1.45 bits per heavy atom. The number of nitrogens with zero attached hydrogens (tertiary/aromatic N) is 6. The van der Waals surface area contributed by atoms with Gasteiger partial charge in [-0.2, -0.15) is 4.98 Å². The molecule has 0 bridgehead atoms. The molecule has 4 heterocycles. The highest BCUT2D eigenvalue weighted by Gasteiger charge is 2.33. The van der Waals surface area contributed by atoms with Crippen LogP contribution in [0.25, 0.3) is 22.1 Å². The maximum Gasteiger partial charge on any atom is 0.230 e. The molecule has 2 atom stereocenters. The minimum absolute atomic E-state index is 0.182. The number of anilines is 2. The highest BCUT2D eigenvalue weighted by atomic mass is 16.3. The van der Waals surface area contributed by atoms with E-state index in [1.807, 2.05) is 13.1 Å². The zero-order chi connectivity index (χ0) is 23.6. The van der Waals surface area contributed by atoms with Crippen LogP contribution in [-0.4, -0.2) is 44.2 Å². The smallest absolute Gasteiger partial charge is 0.230 e. The first-order chi connectivity index (χ1) is 15.7. The Labute approximate surface area is 196 Å². The van der Waals surface area contributed by atoms with Crippen LogP contribution in [0.2, 0.25) is 0 Å². The Morgan fingerprint density at radius 3 is 2.06 bits per heavy atom. The van der Waals surface area contributed by atoms with Crippen LogP contribution in [0.4, 0.5) is 11.4 Å². The summed E-state index contributed by atoms with van der Waals surface area (Å²) in [6.07, 6.45) is 11.0. The summed E-state index contributed by atoms with van der Waals surface area (Å²) in [5.41, 5.74) is 4.96. The van der Waals surface area contributed by atoms with Crippen molar-refractivity contribution in [2.45, 2.75) is 79.8 Å². The van der Waals surface area contributed by atoms with Crippen molar-refractivity contribution in [3.05, 3.63) is 48.5 Å². The third-order valence-electron chi connectivity index (χ3n) is 7.04. The molecule has 3 aromatic rings. The van der Waals surface area contributed by atoms with Gasteiger partial charge in [0.05, 0.1) is 11.1 Å². The van der Waals surface area contributed by atoms with Gasteiger partial charge >= 0.3 is 0 Å². The summed E-state index contributed by atoms with van der Waals surface area (Å²) in [5.74, 6) is 0.712. The predicted octanol–water partition coefficient (Wildman–Crippen LogP) is 5.69. The fraction of sp³-hybridized carbons (Fsp3) is 0.462. The van der Waals surface area contributed by atoms with Crippen molar-refractivity contribution in [3.8, 4) is 0 Å². The fourth-order valence-corrected chi connectivity index (χ4v) is 5.25. The summed E-state index contributed by atoms with van der Waals surface area (Å²) in [6, 6.07) is 3.08. The lowest BCUT2D eigenvalue weighted by atomic mass is 10.0. The van der Waals surface area contributed by atoms with Crippen molar-refractivity contribution < 1.29 is 4.42 Å². The molecule has 0 saturated heterocycles. The first-order valence-electron chi connectivity index (χ1n) is 11.9. The van der Waals surface area contributed by atoms with E-state index < -0.39 is 0 Å². The molecule has 2 aromatic heterocycles. The molecule has 1 aromatic carbocycles. The summed E-state index contributed by atoms with van der Waals surface area (Å²) < 4.78 is 6.41. The van der Waals surface area contributed by atoms with Gasteiger partial charge in [0.1, 0.15) is 18.2 Å². The van der Waals surface area contributed by atoms with Gasteiger partial charge in [0.15, 0.2) is 5.58 Å². The number of furan rings is 1. The highest BCUT2D eigenvalue weighted by molar-refractivity contribution is 6.10. The molecular formula is C26H34N6O. The van der Waals surface area contributed by atoms with Gasteiger partial charge in [-0.3, -0.25) is 0 Å². The number of rotatable bonds is 4. The summed E-state index contributed by atoms with van der Waals surface area (Å²) in [4.78, 5) is 18.5. The summed E-state index contributed by atoms with van der Waals surface area (Å²) >= 11 is 0. The van der Waals surface area contributed by atoms with Crippen LogP contribution in [0.15, 0.2) is 41.5 Å². The van der Waals surface area contributed by atoms with E-state index in [0.29, 0.717) is 23.6 Å². The van der Waals surface area contributed by atoms with Crippen molar-refractivity contribution in [3.63, 3.8) is 0 Å². The largest absolute Gasteiger partial charge is 0.435 e. The molecule has 0 radical (unpaired) electrons. The summed E-state index contributed by atoms with van der Waals surface area (Å²) in [6.45, 7) is 17.5. The second kappa shape index (κ2) is 7.68. The summed E-state index contributed by atoms with van der Waals surface area (Å²) in [7, 11) is 0. The van der Waals surface area contributed by atoms with E-state index in [1.54, 1.807) is 0 Å². The molecule has 7 nitrogen and oxygen atoms in total. The highest BCUT2D eigenvalue weighted by Crippen LogP contribution is 2.45. The third kappa shape index (κ3) is 3.24. The van der Waals surface area contributed by atoms with Crippen LogP contribution < -0.4 is 9.80 Å². The SMILES string of the molecule is Cc1ncc2c(n1)oc1c(N3C=CN(C(C)C)[C@@H]3C)c(C)c(N3C=CN(C(C)C)[C@H]3C)cc12. The molecule has 2 aliphatic rings. The number of fused-ring (bicyclic) bond motifs is 3. The molecule has 0 saturated carbocycles. The van der Waals surface area contributed by atoms with Crippen LogP contribution in [-0.2, 0) is 0 Å². The molecule has 174 valence electrons. The van der Waals surface area contributed by atoms with E-state index in [0.717, 1.165) is 22.0 Å². The fourth-order valence-electron chi connectivity index (χ4n) is 5.25. The van der Waals surface area contributed by atoms with E-state index in [4.69, 9.17) is 4.42 Å². The molecule has 0 aliphatic carbocycles. The van der Waals surface area contributed by atoms with Gasteiger partial charge in [0.25, 0.3) is 0 Å². The molecule has 7 heteroatoms. The zero-order valence-corrected chi connectivity index (χ0v) is 20.9. The van der Waals surface area contributed by atoms with Gasteiger partial charge in [-0.05, 0) is 61.5 Å². The Morgan fingerprint density at radius 1 is 0.848 bits per heavy atom. The lowest BCUT2D eigenvalue weighted by molar-refractivity contribution is 0.263. The van der Waals surface area contributed by atoms with Crippen molar-refractivity contribution in [2.24, 2.45) is 0 Å². The number of hydrogen-bond acceptors (Lipinski definition) is 7. The maximum absolute atomic E-state index is 6.41. The first-order valence-corrected chi connectivity index (χ1v) is 11.9. The van der Waals surface area contributed by atoms with Crippen molar-refractivity contribution in [1.82, 2.24) is 19.8 Å². The van der Waals surface area contributed by atoms with Crippen LogP contribution in [0, 0.1) is 13.8 Å². The van der Waals surface area contributed by atoms with Crippen molar-refractivity contribution in [1.29, 1.82) is 0 Å². The maximum atomic E-state index is 6.41. The van der Waals surface area contributed by atoms with E-state index in [1.165, 1.54) is 11.3 Å². The average Bonchev–Trinajstić information content (AvgIpc) is 3.42. The second-order valence-electron chi connectivity index (χ2n) is 9.74. The molecule has 0 spiro atoms.